The lowest BCUT2D eigenvalue weighted by atomic mass is 9.99. The number of carbonyl (C=O) groups is 2. The monoisotopic (exact) mass is 329 g/mol. The van der Waals surface area contributed by atoms with E-state index in [1.54, 1.807) is 13.0 Å². The van der Waals surface area contributed by atoms with Crippen LogP contribution in [0.25, 0.3) is 0 Å². The first-order valence-electron chi connectivity index (χ1n) is 7.21. The van der Waals surface area contributed by atoms with Crippen molar-refractivity contribution in [3.05, 3.63) is 65.2 Å². The van der Waals surface area contributed by atoms with Crippen molar-refractivity contribution in [3.63, 3.8) is 0 Å². The minimum absolute atomic E-state index is 0.134. The van der Waals surface area contributed by atoms with Crippen LogP contribution in [0.1, 0.15) is 28.4 Å². The third kappa shape index (κ3) is 4.36. The summed E-state index contributed by atoms with van der Waals surface area (Å²) in [6, 6.07) is 14.3. The van der Waals surface area contributed by atoms with Gasteiger partial charge in [-0.1, -0.05) is 36.4 Å². The van der Waals surface area contributed by atoms with E-state index in [1.165, 1.54) is 12.1 Å². The molecule has 23 heavy (non-hydrogen) atoms. The van der Waals surface area contributed by atoms with Crippen molar-refractivity contribution in [2.75, 3.05) is 5.32 Å². The fourth-order valence-corrected chi connectivity index (χ4v) is 2.46. The van der Waals surface area contributed by atoms with E-state index < -0.39 is 10.7 Å². The number of rotatable bonds is 5. The fraction of sp³-hybridized carbons (Fsp3) is 0.222. The molecule has 0 aliphatic rings. The van der Waals surface area contributed by atoms with Crippen molar-refractivity contribution < 1.29 is 14.7 Å². The van der Waals surface area contributed by atoms with Gasteiger partial charge in [-0.3, -0.25) is 4.79 Å². The first-order valence-corrected chi connectivity index (χ1v) is 7.66. The summed E-state index contributed by atoms with van der Waals surface area (Å²) in [6.45, 7) is 3.56. The summed E-state index contributed by atoms with van der Waals surface area (Å²) >= 11 is 4.50. The SMILES string of the molecule is Cc1ccc(C(=O)O)cc1NC(=O)C(C)(S)Cc1ccccc1. The molecule has 5 heteroatoms. The van der Waals surface area contributed by atoms with Crippen molar-refractivity contribution >= 4 is 30.2 Å². The van der Waals surface area contributed by atoms with E-state index in [0.717, 1.165) is 11.1 Å². The summed E-state index contributed by atoms with van der Waals surface area (Å²) in [5.41, 5.74) is 2.43. The molecule has 1 unspecified atom stereocenters. The highest BCUT2D eigenvalue weighted by atomic mass is 32.1. The molecule has 0 bridgehead atoms. The number of thiol groups is 1. The zero-order chi connectivity index (χ0) is 17.0. The molecule has 0 aliphatic heterocycles. The molecule has 2 aromatic carbocycles. The smallest absolute Gasteiger partial charge is 0.335 e. The molecule has 120 valence electrons. The number of benzene rings is 2. The van der Waals surface area contributed by atoms with Crippen LogP contribution in [0.5, 0.6) is 0 Å². The van der Waals surface area contributed by atoms with Gasteiger partial charge in [-0.05, 0) is 43.5 Å². The van der Waals surface area contributed by atoms with Crippen LogP contribution >= 0.6 is 12.6 Å². The standard InChI is InChI=1S/C18H19NO3S/c1-12-8-9-14(16(20)21)10-15(12)19-17(22)18(2,23)11-13-6-4-3-5-7-13/h3-10,23H,11H2,1-2H3,(H,19,22)(H,20,21). The number of aryl methyl sites for hydroxylation is 1. The average Bonchev–Trinajstić information content (AvgIpc) is 2.49. The topological polar surface area (TPSA) is 66.4 Å². The van der Waals surface area contributed by atoms with Gasteiger partial charge in [0.2, 0.25) is 5.91 Å². The van der Waals surface area contributed by atoms with Gasteiger partial charge in [-0.25, -0.2) is 4.79 Å². The lowest BCUT2D eigenvalue weighted by molar-refractivity contribution is -0.118. The maximum atomic E-state index is 12.5. The van der Waals surface area contributed by atoms with Gasteiger partial charge in [0.15, 0.2) is 0 Å². The maximum Gasteiger partial charge on any atom is 0.335 e. The van der Waals surface area contributed by atoms with Crippen molar-refractivity contribution in [3.8, 4) is 0 Å². The van der Waals surface area contributed by atoms with Crippen LogP contribution in [0.2, 0.25) is 0 Å². The molecule has 0 aromatic heterocycles. The number of carboxylic acid groups (broad SMARTS) is 1. The van der Waals surface area contributed by atoms with Gasteiger partial charge in [-0.15, -0.1) is 0 Å². The number of hydrogen-bond donors (Lipinski definition) is 3. The first kappa shape index (κ1) is 17.1. The number of carbonyl (C=O) groups excluding carboxylic acids is 1. The second-order valence-electron chi connectivity index (χ2n) is 5.73. The first-order chi connectivity index (χ1) is 10.8. The lowest BCUT2D eigenvalue weighted by Gasteiger charge is -2.23. The summed E-state index contributed by atoms with van der Waals surface area (Å²) in [7, 11) is 0. The Morgan fingerprint density at radius 2 is 1.83 bits per heavy atom. The average molecular weight is 329 g/mol. The largest absolute Gasteiger partial charge is 0.478 e. The van der Waals surface area contributed by atoms with Gasteiger partial charge < -0.3 is 10.4 Å². The molecule has 0 fully saturated rings. The van der Waals surface area contributed by atoms with E-state index >= 15 is 0 Å². The Bertz CT molecular complexity index is 726. The number of anilines is 1. The molecule has 2 N–H and O–H groups in total. The molecule has 0 saturated carbocycles. The molecular formula is C18H19NO3S. The number of carboxylic acids is 1. The van der Waals surface area contributed by atoms with Gasteiger partial charge >= 0.3 is 5.97 Å². The second kappa shape index (κ2) is 6.87. The lowest BCUT2D eigenvalue weighted by Crippen LogP contribution is -2.37. The second-order valence-corrected chi connectivity index (χ2v) is 6.71. The number of aromatic carboxylic acids is 1. The van der Waals surface area contributed by atoms with Crippen LogP contribution in [-0.2, 0) is 11.2 Å². The van der Waals surface area contributed by atoms with Crippen molar-refractivity contribution in [2.24, 2.45) is 0 Å². The Morgan fingerprint density at radius 1 is 1.17 bits per heavy atom. The number of amides is 1. The number of hydrogen-bond acceptors (Lipinski definition) is 3. The minimum Gasteiger partial charge on any atom is -0.478 e. The molecule has 0 spiro atoms. The highest BCUT2D eigenvalue weighted by Crippen LogP contribution is 2.24. The third-order valence-corrected chi connectivity index (χ3v) is 3.97. The summed E-state index contributed by atoms with van der Waals surface area (Å²) in [4.78, 5) is 23.6. The molecule has 0 radical (unpaired) electrons. The van der Waals surface area contributed by atoms with Gasteiger partial charge in [0.1, 0.15) is 0 Å². The van der Waals surface area contributed by atoms with Gasteiger partial charge in [0, 0.05) is 5.69 Å². The molecule has 2 rings (SSSR count). The molecule has 1 amide bonds. The summed E-state index contributed by atoms with van der Waals surface area (Å²) in [5, 5.41) is 11.8. The molecule has 0 heterocycles. The van der Waals surface area contributed by atoms with Crippen LogP contribution in [0.15, 0.2) is 48.5 Å². The summed E-state index contributed by atoms with van der Waals surface area (Å²) < 4.78 is -0.910. The van der Waals surface area contributed by atoms with Crippen LogP contribution < -0.4 is 5.32 Å². The Morgan fingerprint density at radius 3 is 2.43 bits per heavy atom. The minimum atomic E-state index is -1.03. The van der Waals surface area contributed by atoms with Crippen LogP contribution in [0, 0.1) is 6.92 Å². The highest BCUT2D eigenvalue weighted by molar-refractivity contribution is 7.82. The van der Waals surface area contributed by atoms with E-state index in [9.17, 15) is 9.59 Å². The van der Waals surface area contributed by atoms with Crippen molar-refractivity contribution in [2.45, 2.75) is 25.0 Å². The Balaban J connectivity index is 2.17. The Kier molecular flexibility index (Phi) is 5.11. The van der Waals surface area contributed by atoms with Gasteiger partial charge in [0.05, 0.1) is 10.3 Å². The van der Waals surface area contributed by atoms with Crippen LogP contribution in [0.4, 0.5) is 5.69 Å². The van der Waals surface area contributed by atoms with E-state index in [1.807, 2.05) is 37.3 Å². The molecule has 0 aliphatic carbocycles. The normalized spacial score (nSPS) is 13.2. The van der Waals surface area contributed by atoms with E-state index in [-0.39, 0.29) is 11.5 Å². The van der Waals surface area contributed by atoms with E-state index in [4.69, 9.17) is 5.11 Å². The zero-order valence-corrected chi connectivity index (χ0v) is 13.9. The van der Waals surface area contributed by atoms with E-state index in [0.29, 0.717) is 12.1 Å². The molecule has 2 aromatic rings. The van der Waals surface area contributed by atoms with Gasteiger partial charge in [0.25, 0.3) is 0 Å². The molecule has 4 nitrogen and oxygen atoms in total. The molecular weight excluding hydrogens is 310 g/mol. The predicted octanol–water partition coefficient (Wildman–Crippen LogP) is 3.56. The predicted molar refractivity (Wildman–Crippen MR) is 94.3 cm³/mol. The Hall–Kier alpha value is -2.27. The fourth-order valence-electron chi connectivity index (χ4n) is 2.22. The maximum absolute atomic E-state index is 12.5. The molecule has 1 atom stereocenters. The van der Waals surface area contributed by atoms with Crippen molar-refractivity contribution in [1.29, 1.82) is 0 Å². The Labute approximate surface area is 141 Å². The van der Waals surface area contributed by atoms with Gasteiger partial charge in [-0.2, -0.15) is 12.6 Å². The molecule has 0 saturated heterocycles. The summed E-state index contributed by atoms with van der Waals surface area (Å²) in [6.07, 6.45) is 0.473. The third-order valence-electron chi connectivity index (χ3n) is 3.61. The van der Waals surface area contributed by atoms with Crippen LogP contribution in [0.3, 0.4) is 0 Å². The van der Waals surface area contributed by atoms with Crippen molar-refractivity contribution in [1.82, 2.24) is 0 Å². The number of nitrogens with one attached hydrogen (secondary N) is 1. The van der Waals surface area contributed by atoms with E-state index in [2.05, 4.69) is 17.9 Å². The van der Waals surface area contributed by atoms with Crippen LogP contribution in [-0.4, -0.2) is 21.7 Å². The summed E-state index contributed by atoms with van der Waals surface area (Å²) in [5.74, 6) is -1.30. The quantitative estimate of drug-likeness (QED) is 0.735. The highest BCUT2D eigenvalue weighted by Gasteiger charge is 2.29. The zero-order valence-electron chi connectivity index (χ0n) is 13.0.